The van der Waals surface area contributed by atoms with E-state index in [0.717, 1.165) is 16.4 Å². The van der Waals surface area contributed by atoms with Gasteiger partial charge in [0, 0.05) is 16.6 Å². The van der Waals surface area contributed by atoms with Gasteiger partial charge in [0.1, 0.15) is 0 Å². The summed E-state index contributed by atoms with van der Waals surface area (Å²) in [4.78, 5) is 16.8. The summed E-state index contributed by atoms with van der Waals surface area (Å²) in [5, 5.41) is 5.58. The van der Waals surface area contributed by atoms with E-state index in [0.29, 0.717) is 10.7 Å². The lowest BCUT2D eigenvalue weighted by Crippen LogP contribution is -2.26. The molecule has 4 rings (SSSR count). The van der Waals surface area contributed by atoms with E-state index in [1.807, 2.05) is 18.2 Å². The summed E-state index contributed by atoms with van der Waals surface area (Å²) in [6, 6.07) is 10.9. The number of hydrogen-bond acceptors (Lipinski definition) is 3. The predicted molar refractivity (Wildman–Crippen MR) is 81.1 cm³/mol. The number of fused-ring (bicyclic) bond motifs is 3. The molecule has 21 heavy (non-hydrogen) atoms. The summed E-state index contributed by atoms with van der Waals surface area (Å²) in [6.07, 6.45) is 4.91. The molecular formula is C15H9ClN4O. The summed E-state index contributed by atoms with van der Waals surface area (Å²) in [5.41, 5.74) is 1.91. The van der Waals surface area contributed by atoms with Crippen LogP contribution >= 0.6 is 11.6 Å². The molecule has 3 heterocycles. The lowest BCUT2D eigenvalue weighted by atomic mass is 10.2. The fraction of sp³-hybridized carbons (Fsp3) is 0. The Hall–Kier alpha value is -2.66. The van der Waals surface area contributed by atoms with Crippen molar-refractivity contribution in [3.8, 4) is 5.69 Å². The maximum Gasteiger partial charge on any atom is 0.354 e. The summed E-state index contributed by atoms with van der Waals surface area (Å²) < 4.78 is 2.94. The second-order valence-corrected chi connectivity index (χ2v) is 5.06. The Bertz CT molecular complexity index is 1020. The normalized spacial score (nSPS) is 11.3. The molecule has 0 radical (unpaired) electrons. The van der Waals surface area contributed by atoms with Gasteiger partial charge in [-0.3, -0.25) is 9.55 Å². The van der Waals surface area contributed by atoms with Crippen LogP contribution in [0.4, 0.5) is 0 Å². The van der Waals surface area contributed by atoms with Crippen molar-refractivity contribution in [1.82, 2.24) is 19.2 Å². The Morgan fingerprint density at radius 1 is 1.05 bits per heavy atom. The SMILES string of the molecule is O=c1n(-c2cccnc2)c2cc(Cl)ccc2c2ccnn12. The van der Waals surface area contributed by atoms with Crippen LogP contribution in [0.2, 0.25) is 5.02 Å². The average molecular weight is 297 g/mol. The molecule has 3 aromatic heterocycles. The van der Waals surface area contributed by atoms with Crippen LogP contribution in [0.1, 0.15) is 0 Å². The second kappa shape index (κ2) is 4.43. The number of benzene rings is 1. The molecule has 0 atom stereocenters. The van der Waals surface area contributed by atoms with Crippen LogP contribution in [0.5, 0.6) is 0 Å². The highest BCUT2D eigenvalue weighted by Gasteiger charge is 2.13. The third kappa shape index (κ3) is 1.75. The molecular weight excluding hydrogens is 288 g/mol. The molecule has 5 nitrogen and oxygen atoms in total. The zero-order valence-corrected chi connectivity index (χ0v) is 11.5. The monoisotopic (exact) mass is 296 g/mol. The van der Waals surface area contributed by atoms with Gasteiger partial charge in [0.2, 0.25) is 0 Å². The summed E-state index contributed by atoms with van der Waals surface area (Å²) >= 11 is 6.10. The lowest BCUT2D eigenvalue weighted by Gasteiger charge is -2.11. The minimum Gasteiger partial charge on any atom is -0.263 e. The fourth-order valence-corrected chi connectivity index (χ4v) is 2.67. The van der Waals surface area contributed by atoms with Crippen LogP contribution in [0, 0.1) is 0 Å². The smallest absolute Gasteiger partial charge is 0.263 e. The molecule has 0 aliphatic carbocycles. The van der Waals surface area contributed by atoms with Crippen molar-refractivity contribution in [3.63, 3.8) is 0 Å². The van der Waals surface area contributed by atoms with Crippen LogP contribution in [0.15, 0.2) is 59.8 Å². The first-order valence-electron chi connectivity index (χ1n) is 6.34. The molecule has 0 saturated carbocycles. The third-order valence-electron chi connectivity index (χ3n) is 3.40. The van der Waals surface area contributed by atoms with Gasteiger partial charge in [0.05, 0.1) is 29.1 Å². The van der Waals surface area contributed by atoms with Gasteiger partial charge in [0.15, 0.2) is 0 Å². The van der Waals surface area contributed by atoms with Crippen LogP contribution in [-0.2, 0) is 0 Å². The van der Waals surface area contributed by atoms with Gasteiger partial charge in [-0.1, -0.05) is 11.6 Å². The van der Waals surface area contributed by atoms with Gasteiger partial charge < -0.3 is 0 Å². The predicted octanol–water partition coefficient (Wildman–Crippen LogP) is 2.69. The number of aromatic nitrogens is 4. The summed E-state index contributed by atoms with van der Waals surface area (Å²) in [5.74, 6) is 0. The highest BCUT2D eigenvalue weighted by atomic mass is 35.5. The van der Waals surface area contributed by atoms with Crippen LogP contribution in [0.25, 0.3) is 22.1 Å². The molecule has 1 aromatic carbocycles. The van der Waals surface area contributed by atoms with Crippen molar-refractivity contribution in [2.24, 2.45) is 0 Å². The minimum absolute atomic E-state index is 0.252. The van der Waals surface area contributed by atoms with Crippen LogP contribution < -0.4 is 5.69 Å². The molecule has 0 unspecified atom stereocenters. The zero-order chi connectivity index (χ0) is 14.4. The van der Waals surface area contributed by atoms with E-state index >= 15 is 0 Å². The van der Waals surface area contributed by atoms with Crippen molar-refractivity contribution in [2.75, 3.05) is 0 Å². The van der Waals surface area contributed by atoms with Crippen molar-refractivity contribution in [3.05, 3.63) is 70.5 Å². The number of nitrogens with zero attached hydrogens (tertiary/aromatic N) is 4. The van der Waals surface area contributed by atoms with E-state index in [1.165, 1.54) is 4.52 Å². The summed E-state index contributed by atoms with van der Waals surface area (Å²) in [6.45, 7) is 0. The van der Waals surface area contributed by atoms with Gasteiger partial charge >= 0.3 is 5.69 Å². The lowest BCUT2D eigenvalue weighted by molar-refractivity contribution is 0.824. The second-order valence-electron chi connectivity index (χ2n) is 4.62. The van der Waals surface area contributed by atoms with E-state index in [-0.39, 0.29) is 5.69 Å². The minimum atomic E-state index is -0.252. The molecule has 0 saturated heterocycles. The Labute approximate surface area is 124 Å². The number of hydrogen-bond donors (Lipinski definition) is 0. The topological polar surface area (TPSA) is 52.2 Å². The Balaban J connectivity index is 2.28. The van der Waals surface area contributed by atoms with E-state index in [1.54, 1.807) is 41.4 Å². The van der Waals surface area contributed by atoms with Gasteiger partial charge in [-0.25, -0.2) is 4.79 Å². The van der Waals surface area contributed by atoms with E-state index in [9.17, 15) is 4.79 Å². The maximum absolute atomic E-state index is 12.7. The molecule has 0 amide bonds. The summed E-state index contributed by atoms with van der Waals surface area (Å²) in [7, 11) is 0. The Morgan fingerprint density at radius 2 is 1.95 bits per heavy atom. The molecule has 0 spiro atoms. The quantitative estimate of drug-likeness (QED) is 0.543. The van der Waals surface area contributed by atoms with Crippen molar-refractivity contribution in [2.45, 2.75) is 0 Å². The standard InChI is InChI=1S/C15H9ClN4O/c16-10-3-4-12-13-5-7-18-20(13)15(21)19(14(12)8-10)11-2-1-6-17-9-11/h1-9H. The van der Waals surface area contributed by atoms with Crippen LogP contribution in [0.3, 0.4) is 0 Å². The average Bonchev–Trinajstić information content (AvgIpc) is 2.98. The molecule has 102 valence electrons. The third-order valence-corrected chi connectivity index (χ3v) is 3.63. The highest BCUT2D eigenvalue weighted by Crippen LogP contribution is 2.23. The molecule has 0 fully saturated rings. The van der Waals surface area contributed by atoms with Gasteiger partial charge in [-0.05, 0) is 36.4 Å². The van der Waals surface area contributed by atoms with Gasteiger partial charge in [0.25, 0.3) is 0 Å². The van der Waals surface area contributed by atoms with Crippen molar-refractivity contribution in [1.29, 1.82) is 0 Å². The Morgan fingerprint density at radius 3 is 2.76 bits per heavy atom. The van der Waals surface area contributed by atoms with E-state index < -0.39 is 0 Å². The molecule has 0 aliphatic rings. The molecule has 0 bridgehead atoms. The number of rotatable bonds is 1. The molecule has 6 heteroatoms. The first kappa shape index (κ1) is 12.1. The van der Waals surface area contributed by atoms with Crippen molar-refractivity contribution >= 4 is 28.0 Å². The fourth-order valence-electron chi connectivity index (χ4n) is 2.50. The van der Waals surface area contributed by atoms with Gasteiger partial charge in [-0.2, -0.15) is 9.61 Å². The first-order chi connectivity index (χ1) is 10.3. The molecule has 0 N–H and O–H groups in total. The largest absolute Gasteiger partial charge is 0.354 e. The van der Waals surface area contributed by atoms with E-state index in [2.05, 4.69) is 10.1 Å². The van der Waals surface area contributed by atoms with Crippen molar-refractivity contribution < 1.29 is 0 Å². The molecule has 0 aliphatic heterocycles. The Kier molecular flexibility index (Phi) is 2.55. The first-order valence-corrected chi connectivity index (χ1v) is 6.72. The zero-order valence-electron chi connectivity index (χ0n) is 10.8. The maximum atomic E-state index is 12.7. The highest BCUT2D eigenvalue weighted by molar-refractivity contribution is 6.31. The number of pyridine rings is 1. The number of halogens is 1. The van der Waals surface area contributed by atoms with E-state index in [4.69, 9.17) is 11.6 Å². The van der Waals surface area contributed by atoms with Gasteiger partial charge in [-0.15, -0.1) is 0 Å². The van der Waals surface area contributed by atoms with Crippen LogP contribution in [-0.4, -0.2) is 19.2 Å². The molecule has 4 aromatic rings.